The van der Waals surface area contributed by atoms with Gasteiger partial charge in [-0.1, -0.05) is 13.8 Å². The first-order valence-electron chi connectivity index (χ1n) is 7.34. The van der Waals surface area contributed by atoms with E-state index in [0.29, 0.717) is 32.3 Å². The first-order chi connectivity index (χ1) is 9.11. The van der Waals surface area contributed by atoms with Gasteiger partial charge in [0, 0.05) is 25.5 Å². The van der Waals surface area contributed by atoms with E-state index in [2.05, 4.69) is 13.8 Å². The minimum Gasteiger partial charge on any atom is -0.379 e. The molecule has 0 aromatic heterocycles. The van der Waals surface area contributed by atoms with Gasteiger partial charge in [-0.05, 0) is 12.3 Å². The maximum atomic E-state index is 6.12. The lowest BCUT2D eigenvalue weighted by Crippen LogP contribution is -2.50. The fourth-order valence-electron chi connectivity index (χ4n) is 2.65. The Morgan fingerprint density at radius 3 is 2.68 bits per heavy atom. The van der Waals surface area contributed by atoms with Crippen LogP contribution in [0, 0.1) is 5.92 Å². The molecule has 19 heavy (non-hydrogen) atoms. The van der Waals surface area contributed by atoms with Gasteiger partial charge in [-0.2, -0.15) is 0 Å². The van der Waals surface area contributed by atoms with Crippen LogP contribution in [-0.2, 0) is 18.9 Å². The number of hydrogen-bond donors (Lipinski definition) is 1. The van der Waals surface area contributed by atoms with Gasteiger partial charge >= 0.3 is 0 Å². The molecule has 0 radical (unpaired) electrons. The van der Waals surface area contributed by atoms with E-state index in [9.17, 15) is 0 Å². The Bertz CT molecular complexity index is 266. The molecule has 2 aliphatic rings. The van der Waals surface area contributed by atoms with Gasteiger partial charge in [-0.25, -0.2) is 0 Å². The third kappa shape index (κ3) is 4.39. The van der Waals surface area contributed by atoms with Gasteiger partial charge in [0.15, 0.2) is 5.79 Å². The highest BCUT2D eigenvalue weighted by Gasteiger charge is 2.44. The molecule has 5 heteroatoms. The van der Waals surface area contributed by atoms with Crippen LogP contribution in [0.2, 0.25) is 0 Å². The molecular weight excluding hydrogens is 246 g/mol. The molecule has 0 aromatic rings. The molecule has 2 rings (SSSR count). The standard InChI is InChI=1S/C14H27NO4/c1-11(2)10-16-5-6-17-13-9-14(4-3-12(13)15)18-7-8-19-14/h11-13H,3-10,15H2,1-2H3. The lowest BCUT2D eigenvalue weighted by Gasteiger charge is -2.39. The number of nitrogens with two attached hydrogens (primary N) is 1. The van der Waals surface area contributed by atoms with Crippen LogP contribution in [0.3, 0.4) is 0 Å². The summed E-state index contributed by atoms with van der Waals surface area (Å²) in [6.07, 6.45) is 2.50. The number of ether oxygens (including phenoxy) is 4. The molecule has 2 N–H and O–H groups in total. The van der Waals surface area contributed by atoms with Crippen LogP contribution in [0.4, 0.5) is 0 Å². The Labute approximate surface area is 115 Å². The van der Waals surface area contributed by atoms with Crippen LogP contribution in [0.25, 0.3) is 0 Å². The van der Waals surface area contributed by atoms with Crippen LogP contribution in [0.1, 0.15) is 33.1 Å². The normalized spacial score (nSPS) is 30.3. The van der Waals surface area contributed by atoms with E-state index < -0.39 is 5.79 Å². The maximum absolute atomic E-state index is 6.12. The number of rotatable bonds is 6. The highest BCUT2D eigenvalue weighted by molar-refractivity contribution is 4.90. The van der Waals surface area contributed by atoms with Crippen molar-refractivity contribution in [2.45, 2.75) is 51.0 Å². The predicted octanol–water partition coefficient (Wildman–Crippen LogP) is 1.30. The van der Waals surface area contributed by atoms with Gasteiger partial charge in [0.05, 0.1) is 32.5 Å². The van der Waals surface area contributed by atoms with Gasteiger partial charge < -0.3 is 24.7 Å². The molecule has 1 saturated heterocycles. The van der Waals surface area contributed by atoms with Crippen LogP contribution in [0.5, 0.6) is 0 Å². The topological polar surface area (TPSA) is 62.9 Å². The third-order valence-corrected chi connectivity index (χ3v) is 3.67. The van der Waals surface area contributed by atoms with Crippen molar-refractivity contribution >= 4 is 0 Å². The quantitative estimate of drug-likeness (QED) is 0.739. The molecule has 1 aliphatic carbocycles. The smallest absolute Gasteiger partial charge is 0.171 e. The Balaban J connectivity index is 1.69. The van der Waals surface area contributed by atoms with Crippen molar-refractivity contribution in [1.29, 1.82) is 0 Å². The monoisotopic (exact) mass is 273 g/mol. The van der Waals surface area contributed by atoms with Crippen molar-refractivity contribution in [2.24, 2.45) is 11.7 Å². The zero-order chi connectivity index (χ0) is 13.7. The molecular formula is C14H27NO4. The Hall–Kier alpha value is -0.200. The summed E-state index contributed by atoms with van der Waals surface area (Å²) in [7, 11) is 0. The van der Waals surface area contributed by atoms with E-state index in [1.165, 1.54) is 0 Å². The zero-order valence-corrected chi connectivity index (χ0v) is 12.1. The fraction of sp³-hybridized carbons (Fsp3) is 1.00. The van der Waals surface area contributed by atoms with Crippen molar-refractivity contribution in [3.8, 4) is 0 Å². The van der Waals surface area contributed by atoms with Gasteiger partial charge in [-0.15, -0.1) is 0 Å². The average molecular weight is 273 g/mol. The van der Waals surface area contributed by atoms with Gasteiger partial charge in [0.25, 0.3) is 0 Å². The predicted molar refractivity (Wildman–Crippen MR) is 71.9 cm³/mol. The van der Waals surface area contributed by atoms with Crippen molar-refractivity contribution in [3.05, 3.63) is 0 Å². The lowest BCUT2D eigenvalue weighted by atomic mass is 9.88. The van der Waals surface area contributed by atoms with Crippen molar-refractivity contribution in [1.82, 2.24) is 0 Å². The van der Waals surface area contributed by atoms with Crippen LogP contribution in [0.15, 0.2) is 0 Å². The van der Waals surface area contributed by atoms with Crippen LogP contribution >= 0.6 is 0 Å². The lowest BCUT2D eigenvalue weighted by molar-refractivity contribution is -0.206. The molecule has 5 nitrogen and oxygen atoms in total. The second-order valence-corrected chi connectivity index (χ2v) is 5.89. The third-order valence-electron chi connectivity index (χ3n) is 3.67. The zero-order valence-electron chi connectivity index (χ0n) is 12.1. The second-order valence-electron chi connectivity index (χ2n) is 5.89. The summed E-state index contributed by atoms with van der Waals surface area (Å²) in [6.45, 7) is 7.61. The van der Waals surface area contributed by atoms with E-state index in [0.717, 1.165) is 25.9 Å². The van der Waals surface area contributed by atoms with Crippen LogP contribution < -0.4 is 5.73 Å². The first kappa shape index (κ1) is 15.2. The molecule has 1 heterocycles. The molecule has 2 fully saturated rings. The molecule has 2 atom stereocenters. The fourth-order valence-corrected chi connectivity index (χ4v) is 2.65. The summed E-state index contributed by atoms with van der Waals surface area (Å²) in [6, 6.07) is 0.0727. The minimum atomic E-state index is -0.431. The van der Waals surface area contributed by atoms with Crippen LogP contribution in [-0.4, -0.2) is 51.0 Å². The first-order valence-corrected chi connectivity index (χ1v) is 7.34. The molecule has 112 valence electrons. The summed E-state index contributed by atoms with van der Waals surface area (Å²) >= 11 is 0. The minimum absolute atomic E-state index is 0.00880. The Morgan fingerprint density at radius 1 is 1.26 bits per heavy atom. The summed E-state index contributed by atoms with van der Waals surface area (Å²) < 4.78 is 22.8. The van der Waals surface area contributed by atoms with Gasteiger partial charge in [0.1, 0.15) is 0 Å². The summed E-state index contributed by atoms with van der Waals surface area (Å²) in [5.41, 5.74) is 6.12. The van der Waals surface area contributed by atoms with Crippen molar-refractivity contribution in [3.63, 3.8) is 0 Å². The average Bonchev–Trinajstić information content (AvgIpc) is 2.81. The summed E-state index contributed by atoms with van der Waals surface area (Å²) in [4.78, 5) is 0. The molecule has 2 unspecified atom stereocenters. The van der Waals surface area contributed by atoms with Gasteiger partial charge in [-0.3, -0.25) is 0 Å². The Kier molecular flexibility index (Phi) is 5.59. The number of hydrogen-bond acceptors (Lipinski definition) is 5. The molecule has 0 aromatic carbocycles. The largest absolute Gasteiger partial charge is 0.379 e. The van der Waals surface area contributed by atoms with E-state index in [1.807, 2.05) is 0 Å². The molecule has 0 bridgehead atoms. The Morgan fingerprint density at radius 2 is 2.00 bits per heavy atom. The summed E-state index contributed by atoms with van der Waals surface area (Å²) in [5.74, 6) is 0.125. The maximum Gasteiger partial charge on any atom is 0.171 e. The SMILES string of the molecule is CC(C)COCCOC1CC2(CCC1N)OCCO2. The van der Waals surface area contributed by atoms with Crippen molar-refractivity contribution < 1.29 is 18.9 Å². The van der Waals surface area contributed by atoms with E-state index in [4.69, 9.17) is 24.7 Å². The van der Waals surface area contributed by atoms with E-state index in [-0.39, 0.29) is 12.1 Å². The molecule has 1 saturated carbocycles. The van der Waals surface area contributed by atoms with Crippen molar-refractivity contribution in [2.75, 3.05) is 33.0 Å². The molecule has 1 aliphatic heterocycles. The van der Waals surface area contributed by atoms with E-state index in [1.54, 1.807) is 0 Å². The highest BCUT2D eigenvalue weighted by Crippen LogP contribution is 2.36. The molecule has 0 amide bonds. The second kappa shape index (κ2) is 6.99. The molecule has 1 spiro atoms. The van der Waals surface area contributed by atoms with Gasteiger partial charge in [0.2, 0.25) is 0 Å². The van der Waals surface area contributed by atoms with E-state index >= 15 is 0 Å². The highest BCUT2D eigenvalue weighted by atomic mass is 16.7. The summed E-state index contributed by atoms with van der Waals surface area (Å²) in [5, 5.41) is 0.